The summed E-state index contributed by atoms with van der Waals surface area (Å²) in [5.74, 6) is 0.665. The Bertz CT molecular complexity index is 465. The zero-order valence-electron chi connectivity index (χ0n) is 9.89. The first-order valence-corrected chi connectivity index (χ1v) is 6.00. The highest BCUT2D eigenvalue weighted by Gasteiger charge is 2.45. The molecule has 0 unspecified atom stereocenters. The van der Waals surface area contributed by atoms with Crippen LogP contribution in [0.25, 0.3) is 0 Å². The quantitative estimate of drug-likeness (QED) is 0.775. The van der Waals surface area contributed by atoms with Crippen molar-refractivity contribution in [1.82, 2.24) is 4.90 Å². The van der Waals surface area contributed by atoms with Crippen LogP contribution in [0, 0.1) is 0 Å². The lowest BCUT2D eigenvalue weighted by Crippen LogP contribution is -2.52. The number of nitrogens with zero attached hydrogens (tertiary/aromatic N) is 2. The molecule has 1 aliphatic carbocycles. The zero-order valence-corrected chi connectivity index (χ0v) is 9.89. The van der Waals surface area contributed by atoms with Crippen LogP contribution in [0.1, 0.15) is 11.1 Å². The summed E-state index contributed by atoms with van der Waals surface area (Å²) < 4.78 is 0. The molecule has 1 heterocycles. The first kappa shape index (κ1) is 10.4. The Morgan fingerprint density at radius 2 is 2.00 bits per heavy atom. The van der Waals surface area contributed by atoms with Gasteiger partial charge in [0.05, 0.1) is 12.1 Å². The molecular weight excluding hydrogens is 210 g/mol. The van der Waals surface area contributed by atoms with Crippen LogP contribution in [0.5, 0.6) is 0 Å². The maximum Gasteiger partial charge on any atom is 0.192 e. The smallest absolute Gasteiger partial charge is 0.192 e. The van der Waals surface area contributed by atoms with Crippen molar-refractivity contribution in [2.24, 2.45) is 10.7 Å². The molecule has 1 aromatic carbocycles. The molecule has 0 saturated heterocycles. The van der Waals surface area contributed by atoms with E-state index in [0.29, 0.717) is 5.96 Å². The number of hydrogen-bond donors (Lipinski definition) is 1. The zero-order chi connectivity index (χ0) is 11.9. The number of hydrogen-bond acceptors (Lipinski definition) is 3. The van der Waals surface area contributed by atoms with Gasteiger partial charge in [-0.2, -0.15) is 0 Å². The lowest BCUT2D eigenvalue weighted by molar-refractivity contribution is 0.229. The maximum absolute atomic E-state index is 5.98. The van der Waals surface area contributed by atoms with E-state index in [1.807, 2.05) is 6.08 Å². The molecule has 1 spiro atoms. The predicted molar refractivity (Wildman–Crippen MR) is 70.0 cm³/mol. The molecule has 3 nitrogen and oxygen atoms in total. The molecule has 3 heteroatoms. The molecule has 0 radical (unpaired) electrons. The van der Waals surface area contributed by atoms with Crippen molar-refractivity contribution in [2.75, 3.05) is 13.1 Å². The van der Waals surface area contributed by atoms with E-state index in [9.17, 15) is 0 Å². The van der Waals surface area contributed by atoms with E-state index in [4.69, 9.17) is 5.73 Å². The Balaban J connectivity index is 1.93. The minimum absolute atomic E-state index is 0.0714. The predicted octanol–water partition coefficient (Wildman–Crippen LogP) is 1.34. The minimum Gasteiger partial charge on any atom is -0.370 e. The van der Waals surface area contributed by atoms with Gasteiger partial charge in [-0.15, -0.1) is 6.58 Å². The molecule has 0 amide bonds. The first-order chi connectivity index (χ1) is 8.25. The van der Waals surface area contributed by atoms with Gasteiger partial charge in [-0.1, -0.05) is 30.3 Å². The molecule has 88 valence electrons. The first-order valence-electron chi connectivity index (χ1n) is 6.00. The average molecular weight is 227 g/mol. The minimum atomic E-state index is 0.0714. The van der Waals surface area contributed by atoms with Crippen LogP contribution in [0.4, 0.5) is 0 Å². The van der Waals surface area contributed by atoms with Crippen molar-refractivity contribution in [3.63, 3.8) is 0 Å². The lowest BCUT2D eigenvalue weighted by atomic mass is 9.94. The third-order valence-electron chi connectivity index (χ3n) is 3.85. The van der Waals surface area contributed by atoms with Gasteiger partial charge < -0.3 is 10.6 Å². The summed E-state index contributed by atoms with van der Waals surface area (Å²) in [4.78, 5) is 6.64. The SMILES string of the molecule is C=CCN1C(N)=NCC12Cc1ccccc1C2. The number of nitrogens with two attached hydrogens (primary N) is 1. The van der Waals surface area contributed by atoms with Crippen molar-refractivity contribution in [1.29, 1.82) is 0 Å². The summed E-state index contributed by atoms with van der Waals surface area (Å²) in [6.45, 7) is 5.40. The van der Waals surface area contributed by atoms with Gasteiger partial charge in [0.15, 0.2) is 5.96 Å². The second-order valence-electron chi connectivity index (χ2n) is 4.92. The highest BCUT2D eigenvalue weighted by Crippen LogP contribution is 2.37. The average Bonchev–Trinajstić information content (AvgIpc) is 2.84. The van der Waals surface area contributed by atoms with E-state index in [-0.39, 0.29) is 5.54 Å². The number of fused-ring (bicyclic) bond motifs is 1. The fourth-order valence-corrected chi connectivity index (χ4v) is 3.03. The van der Waals surface area contributed by atoms with Gasteiger partial charge in [-0.25, -0.2) is 0 Å². The molecular formula is C14H17N3. The fraction of sp³-hybridized carbons (Fsp3) is 0.357. The molecule has 17 heavy (non-hydrogen) atoms. The van der Waals surface area contributed by atoms with Crippen molar-refractivity contribution in [3.8, 4) is 0 Å². The second kappa shape index (κ2) is 3.62. The van der Waals surface area contributed by atoms with Crippen LogP contribution in [0.2, 0.25) is 0 Å². The van der Waals surface area contributed by atoms with Crippen molar-refractivity contribution >= 4 is 5.96 Å². The largest absolute Gasteiger partial charge is 0.370 e. The van der Waals surface area contributed by atoms with Crippen molar-refractivity contribution < 1.29 is 0 Å². The van der Waals surface area contributed by atoms with Crippen molar-refractivity contribution in [2.45, 2.75) is 18.4 Å². The lowest BCUT2D eigenvalue weighted by Gasteiger charge is -2.35. The fourth-order valence-electron chi connectivity index (χ4n) is 3.03. The van der Waals surface area contributed by atoms with Crippen molar-refractivity contribution in [3.05, 3.63) is 48.0 Å². The monoisotopic (exact) mass is 227 g/mol. The van der Waals surface area contributed by atoms with E-state index >= 15 is 0 Å². The molecule has 1 aromatic rings. The normalized spacial score (nSPS) is 20.5. The molecule has 0 fully saturated rings. The summed E-state index contributed by atoms with van der Waals surface area (Å²) in [6, 6.07) is 8.64. The van der Waals surface area contributed by atoms with Gasteiger partial charge in [0, 0.05) is 6.54 Å². The Hall–Kier alpha value is -1.77. The Kier molecular flexibility index (Phi) is 2.21. The summed E-state index contributed by atoms with van der Waals surface area (Å²) in [6.07, 6.45) is 3.99. The summed E-state index contributed by atoms with van der Waals surface area (Å²) >= 11 is 0. The Labute approximate surface area is 102 Å². The number of rotatable bonds is 2. The summed E-state index contributed by atoms with van der Waals surface area (Å²) in [5, 5.41) is 0. The molecule has 0 bridgehead atoms. The molecule has 2 aliphatic rings. The summed E-state index contributed by atoms with van der Waals surface area (Å²) in [5.41, 5.74) is 8.93. The third kappa shape index (κ3) is 1.46. The molecule has 3 rings (SSSR count). The van der Waals surface area contributed by atoms with E-state index < -0.39 is 0 Å². The van der Waals surface area contributed by atoms with E-state index in [2.05, 4.69) is 40.7 Å². The van der Waals surface area contributed by atoms with Crippen LogP contribution >= 0.6 is 0 Å². The van der Waals surface area contributed by atoms with Crippen LogP contribution in [-0.4, -0.2) is 29.5 Å². The molecule has 1 aliphatic heterocycles. The third-order valence-corrected chi connectivity index (χ3v) is 3.85. The van der Waals surface area contributed by atoms with Gasteiger partial charge in [0.25, 0.3) is 0 Å². The van der Waals surface area contributed by atoms with Crippen LogP contribution in [0.3, 0.4) is 0 Å². The van der Waals surface area contributed by atoms with Crippen LogP contribution in [-0.2, 0) is 12.8 Å². The van der Waals surface area contributed by atoms with Gasteiger partial charge in [0.2, 0.25) is 0 Å². The highest BCUT2D eigenvalue weighted by atomic mass is 15.4. The topological polar surface area (TPSA) is 41.6 Å². The molecule has 0 saturated carbocycles. The van der Waals surface area contributed by atoms with Crippen LogP contribution in [0.15, 0.2) is 41.9 Å². The highest BCUT2D eigenvalue weighted by molar-refractivity contribution is 5.81. The van der Waals surface area contributed by atoms with Gasteiger partial charge >= 0.3 is 0 Å². The maximum atomic E-state index is 5.98. The van der Waals surface area contributed by atoms with E-state index in [1.54, 1.807) is 0 Å². The molecule has 2 N–H and O–H groups in total. The van der Waals surface area contributed by atoms with Gasteiger partial charge in [-0.05, 0) is 24.0 Å². The van der Waals surface area contributed by atoms with Gasteiger partial charge in [-0.3, -0.25) is 4.99 Å². The second-order valence-corrected chi connectivity index (χ2v) is 4.92. The number of benzene rings is 1. The standard InChI is InChI=1S/C14H17N3/c1-2-7-17-13(15)16-10-14(17)8-11-5-3-4-6-12(11)9-14/h2-6H,1,7-10H2,(H2,15,16). The van der Waals surface area contributed by atoms with Gasteiger partial charge in [0.1, 0.15) is 0 Å². The molecule has 0 atom stereocenters. The number of guanidine groups is 1. The van der Waals surface area contributed by atoms with E-state index in [1.165, 1.54) is 11.1 Å². The van der Waals surface area contributed by atoms with E-state index in [0.717, 1.165) is 25.9 Å². The number of aliphatic imine (C=N–C) groups is 1. The summed E-state index contributed by atoms with van der Waals surface area (Å²) in [7, 11) is 0. The Morgan fingerprint density at radius 1 is 1.35 bits per heavy atom. The Morgan fingerprint density at radius 3 is 2.59 bits per heavy atom. The molecule has 0 aromatic heterocycles. The van der Waals surface area contributed by atoms with Crippen LogP contribution < -0.4 is 5.73 Å².